The maximum atomic E-state index is 12.6. The molecule has 0 bridgehead atoms. The topological polar surface area (TPSA) is 64.4 Å². The number of amides is 1. The van der Waals surface area contributed by atoms with Crippen molar-refractivity contribution >= 4 is 5.91 Å². The number of rotatable bonds is 8. The quantitative estimate of drug-likeness (QED) is 0.586. The summed E-state index contributed by atoms with van der Waals surface area (Å²) in [5.74, 6) is 2.32. The molecule has 0 fully saturated rings. The smallest absolute Gasteiger partial charge is 0.252 e. The molecule has 28 heavy (non-hydrogen) atoms. The van der Waals surface area contributed by atoms with Crippen molar-refractivity contribution in [1.29, 1.82) is 0 Å². The Morgan fingerprint density at radius 2 is 1.89 bits per heavy atom. The van der Waals surface area contributed by atoms with Crippen LogP contribution in [0.2, 0.25) is 0 Å². The van der Waals surface area contributed by atoms with E-state index in [9.17, 15) is 4.79 Å². The fourth-order valence-corrected chi connectivity index (χ4v) is 2.85. The Kier molecular flexibility index (Phi) is 6.48. The van der Waals surface area contributed by atoms with Crippen LogP contribution >= 0.6 is 0 Å². The van der Waals surface area contributed by atoms with Gasteiger partial charge in [-0.25, -0.2) is 4.98 Å². The highest BCUT2D eigenvalue weighted by atomic mass is 16.5. The van der Waals surface area contributed by atoms with Crippen LogP contribution in [0.3, 0.4) is 0 Å². The lowest BCUT2D eigenvalue weighted by Gasteiger charge is -2.09. The highest BCUT2D eigenvalue weighted by molar-refractivity contribution is 6.00. The van der Waals surface area contributed by atoms with E-state index in [4.69, 9.17) is 9.15 Å². The second kappa shape index (κ2) is 9.22. The minimum Gasteiger partial charge on any atom is -0.494 e. The van der Waals surface area contributed by atoms with Crippen molar-refractivity contribution in [2.24, 2.45) is 5.92 Å². The van der Waals surface area contributed by atoms with Gasteiger partial charge in [0, 0.05) is 17.7 Å². The van der Waals surface area contributed by atoms with E-state index in [1.807, 2.05) is 49.4 Å². The first kappa shape index (κ1) is 19.7. The van der Waals surface area contributed by atoms with E-state index in [0.29, 0.717) is 41.8 Å². The van der Waals surface area contributed by atoms with E-state index in [1.54, 1.807) is 12.3 Å². The zero-order valence-electron chi connectivity index (χ0n) is 16.6. The van der Waals surface area contributed by atoms with Crippen LogP contribution in [-0.2, 0) is 0 Å². The van der Waals surface area contributed by atoms with Crippen molar-refractivity contribution < 1.29 is 13.9 Å². The van der Waals surface area contributed by atoms with Crippen molar-refractivity contribution in [2.75, 3.05) is 13.2 Å². The summed E-state index contributed by atoms with van der Waals surface area (Å²) in [4.78, 5) is 17.0. The number of hydrogen-bond acceptors (Lipinski definition) is 4. The third kappa shape index (κ3) is 4.80. The number of carbonyl (C=O) groups excluding carboxylic acids is 1. The Morgan fingerprint density at radius 1 is 1.14 bits per heavy atom. The summed E-state index contributed by atoms with van der Waals surface area (Å²) in [6.07, 6.45) is 2.62. The van der Waals surface area contributed by atoms with Crippen molar-refractivity contribution in [1.82, 2.24) is 10.3 Å². The van der Waals surface area contributed by atoms with Gasteiger partial charge in [0.25, 0.3) is 5.91 Å². The first-order chi connectivity index (χ1) is 13.6. The van der Waals surface area contributed by atoms with E-state index in [2.05, 4.69) is 24.1 Å². The molecule has 0 aliphatic rings. The summed E-state index contributed by atoms with van der Waals surface area (Å²) in [5, 5.41) is 2.97. The minimum absolute atomic E-state index is 0.114. The zero-order valence-corrected chi connectivity index (χ0v) is 16.6. The fraction of sp³-hybridized carbons (Fsp3) is 0.304. The maximum Gasteiger partial charge on any atom is 0.252 e. The predicted molar refractivity (Wildman–Crippen MR) is 110 cm³/mol. The van der Waals surface area contributed by atoms with E-state index in [0.717, 1.165) is 17.7 Å². The molecule has 0 aliphatic heterocycles. The standard InChI is InChI=1S/C23H26N2O3/c1-4-27-18-11-9-17(10-12-18)21-15-25-23(28-21)20-8-6-5-7-19(20)22(26)24-14-13-16(2)3/h5-12,15-16H,4,13-14H2,1-3H3,(H,24,26). The van der Waals surface area contributed by atoms with Crippen molar-refractivity contribution in [2.45, 2.75) is 27.2 Å². The summed E-state index contributed by atoms with van der Waals surface area (Å²) in [5.41, 5.74) is 2.15. The number of ether oxygens (including phenoxy) is 1. The van der Waals surface area contributed by atoms with E-state index in [-0.39, 0.29) is 5.91 Å². The van der Waals surface area contributed by atoms with Gasteiger partial charge in [-0.3, -0.25) is 4.79 Å². The van der Waals surface area contributed by atoms with Crippen molar-refractivity contribution in [3.05, 3.63) is 60.3 Å². The molecule has 5 nitrogen and oxygen atoms in total. The van der Waals surface area contributed by atoms with Gasteiger partial charge in [-0.05, 0) is 55.7 Å². The number of carbonyl (C=O) groups is 1. The van der Waals surface area contributed by atoms with Gasteiger partial charge in [-0.15, -0.1) is 0 Å². The molecular weight excluding hydrogens is 352 g/mol. The number of nitrogens with zero attached hydrogens (tertiary/aromatic N) is 1. The Labute approximate surface area is 165 Å². The second-order valence-corrected chi connectivity index (χ2v) is 6.97. The van der Waals surface area contributed by atoms with Crippen LogP contribution in [0.15, 0.2) is 59.1 Å². The average molecular weight is 378 g/mol. The largest absolute Gasteiger partial charge is 0.494 e. The molecule has 0 saturated heterocycles. The van der Waals surface area contributed by atoms with E-state index >= 15 is 0 Å². The molecule has 3 aromatic rings. The lowest BCUT2D eigenvalue weighted by Crippen LogP contribution is -2.25. The van der Waals surface area contributed by atoms with E-state index < -0.39 is 0 Å². The predicted octanol–water partition coefficient (Wildman–Crippen LogP) is 5.18. The van der Waals surface area contributed by atoms with Gasteiger partial charge >= 0.3 is 0 Å². The molecular formula is C23H26N2O3. The molecule has 0 unspecified atom stereocenters. The van der Waals surface area contributed by atoms with Crippen LogP contribution in [-0.4, -0.2) is 24.0 Å². The molecule has 1 amide bonds. The van der Waals surface area contributed by atoms with Crippen molar-refractivity contribution in [3.63, 3.8) is 0 Å². The van der Waals surface area contributed by atoms with Gasteiger partial charge < -0.3 is 14.5 Å². The van der Waals surface area contributed by atoms with Gasteiger partial charge in [0.2, 0.25) is 5.89 Å². The van der Waals surface area contributed by atoms with Crippen LogP contribution in [0.5, 0.6) is 5.75 Å². The lowest BCUT2D eigenvalue weighted by molar-refractivity contribution is 0.0952. The van der Waals surface area contributed by atoms with Crippen LogP contribution in [0.1, 0.15) is 37.6 Å². The Bertz CT molecular complexity index is 914. The molecule has 1 heterocycles. The maximum absolute atomic E-state index is 12.6. The van der Waals surface area contributed by atoms with Crippen LogP contribution in [0.25, 0.3) is 22.8 Å². The number of aromatic nitrogens is 1. The van der Waals surface area contributed by atoms with Gasteiger partial charge in [0.05, 0.1) is 18.4 Å². The van der Waals surface area contributed by atoms with Gasteiger partial charge in [-0.1, -0.05) is 26.0 Å². The average Bonchev–Trinajstić information content (AvgIpc) is 3.18. The number of oxazole rings is 1. The highest BCUT2D eigenvalue weighted by Crippen LogP contribution is 2.29. The molecule has 0 atom stereocenters. The summed E-state index contributed by atoms with van der Waals surface area (Å²) in [6.45, 7) is 7.49. The lowest BCUT2D eigenvalue weighted by atomic mass is 10.1. The number of nitrogens with one attached hydrogen (secondary N) is 1. The molecule has 3 rings (SSSR count). The van der Waals surface area contributed by atoms with Crippen LogP contribution < -0.4 is 10.1 Å². The van der Waals surface area contributed by atoms with Gasteiger partial charge in [0.15, 0.2) is 5.76 Å². The summed E-state index contributed by atoms with van der Waals surface area (Å²) in [7, 11) is 0. The zero-order chi connectivity index (χ0) is 19.9. The molecule has 2 aromatic carbocycles. The first-order valence-corrected chi connectivity index (χ1v) is 9.65. The molecule has 0 saturated carbocycles. The molecule has 1 aromatic heterocycles. The highest BCUT2D eigenvalue weighted by Gasteiger charge is 2.16. The summed E-state index contributed by atoms with van der Waals surface area (Å²) < 4.78 is 11.4. The third-order valence-corrected chi connectivity index (χ3v) is 4.36. The Morgan fingerprint density at radius 3 is 2.61 bits per heavy atom. The Hall–Kier alpha value is -3.08. The number of benzene rings is 2. The molecule has 0 aliphatic carbocycles. The molecule has 0 radical (unpaired) electrons. The summed E-state index contributed by atoms with van der Waals surface area (Å²) >= 11 is 0. The first-order valence-electron chi connectivity index (χ1n) is 9.65. The minimum atomic E-state index is -0.114. The summed E-state index contributed by atoms with van der Waals surface area (Å²) in [6, 6.07) is 15.0. The van der Waals surface area contributed by atoms with Crippen LogP contribution in [0, 0.1) is 5.92 Å². The monoisotopic (exact) mass is 378 g/mol. The molecule has 146 valence electrons. The van der Waals surface area contributed by atoms with Gasteiger partial charge in [0.1, 0.15) is 5.75 Å². The molecule has 1 N–H and O–H groups in total. The molecule has 5 heteroatoms. The normalized spacial score (nSPS) is 10.9. The van der Waals surface area contributed by atoms with Gasteiger partial charge in [-0.2, -0.15) is 0 Å². The second-order valence-electron chi connectivity index (χ2n) is 6.97. The van der Waals surface area contributed by atoms with Crippen molar-refractivity contribution in [3.8, 4) is 28.5 Å². The Balaban J connectivity index is 1.80. The van der Waals surface area contributed by atoms with Crippen LogP contribution in [0.4, 0.5) is 0 Å². The molecule has 0 spiro atoms. The van der Waals surface area contributed by atoms with E-state index in [1.165, 1.54) is 0 Å². The number of hydrogen-bond donors (Lipinski definition) is 1. The third-order valence-electron chi connectivity index (χ3n) is 4.36. The fourth-order valence-electron chi connectivity index (χ4n) is 2.85. The SMILES string of the molecule is CCOc1ccc(-c2cnc(-c3ccccc3C(=O)NCCC(C)C)o2)cc1.